The molecule has 0 radical (unpaired) electrons. The quantitative estimate of drug-likeness (QED) is 0.482. The number of anilines is 1. The Morgan fingerprint density at radius 1 is 1.42 bits per heavy atom. The second-order valence-corrected chi connectivity index (χ2v) is 5.21. The van der Waals surface area contributed by atoms with Gasteiger partial charge in [-0.1, -0.05) is 0 Å². The number of hydrogen-bond acceptors (Lipinski definition) is 8. The first kappa shape index (κ1) is 17.3. The van der Waals surface area contributed by atoms with Crippen LogP contribution in [0.5, 0.6) is 5.75 Å². The van der Waals surface area contributed by atoms with Crippen LogP contribution in [-0.2, 0) is 4.74 Å². The highest BCUT2D eigenvalue weighted by Gasteiger charge is 2.19. The molecule has 2 aromatic rings. The molecule has 1 aromatic heterocycles. The highest BCUT2D eigenvalue weighted by atomic mass is 32.1. The largest absolute Gasteiger partial charge is 0.490 e. The molecule has 126 valence electrons. The summed E-state index contributed by atoms with van der Waals surface area (Å²) in [6.07, 6.45) is 0. The number of carbonyl (C=O) groups excluding carboxylic acids is 2. The SMILES string of the molecule is CCOC(=O)c1csc(NC(=O)c2ccc(OC)c([N+](=O)[O-])c2)n1. The normalized spacial score (nSPS) is 10.1. The minimum absolute atomic E-state index is 0.0513. The Morgan fingerprint density at radius 3 is 2.79 bits per heavy atom. The van der Waals surface area contributed by atoms with Crippen LogP contribution in [0.25, 0.3) is 0 Å². The van der Waals surface area contributed by atoms with E-state index in [9.17, 15) is 19.7 Å². The average Bonchev–Trinajstić information content (AvgIpc) is 3.03. The first-order chi connectivity index (χ1) is 11.5. The third-order valence-electron chi connectivity index (χ3n) is 2.85. The van der Waals surface area contributed by atoms with E-state index in [0.717, 1.165) is 17.4 Å². The van der Waals surface area contributed by atoms with Crippen molar-refractivity contribution >= 4 is 34.0 Å². The van der Waals surface area contributed by atoms with Gasteiger partial charge in [-0.05, 0) is 19.1 Å². The fourth-order valence-corrected chi connectivity index (χ4v) is 2.45. The lowest BCUT2D eigenvalue weighted by molar-refractivity contribution is -0.385. The maximum Gasteiger partial charge on any atom is 0.357 e. The van der Waals surface area contributed by atoms with Crippen LogP contribution in [0.1, 0.15) is 27.8 Å². The highest BCUT2D eigenvalue weighted by Crippen LogP contribution is 2.28. The molecule has 24 heavy (non-hydrogen) atoms. The van der Waals surface area contributed by atoms with E-state index in [1.807, 2.05) is 0 Å². The summed E-state index contributed by atoms with van der Waals surface area (Å²) >= 11 is 1.04. The van der Waals surface area contributed by atoms with Gasteiger partial charge in [-0.3, -0.25) is 20.2 Å². The van der Waals surface area contributed by atoms with Crippen LogP contribution in [0.15, 0.2) is 23.6 Å². The molecule has 0 aliphatic rings. The van der Waals surface area contributed by atoms with Gasteiger partial charge in [0.25, 0.3) is 5.91 Å². The molecule has 0 unspecified atom stereocenters. The molecule has 0 spiro atoms. The van der Waals surface area contributed by atoms with Gasteiger partial charge >= 0.3 is 11.7 Å². The summed E-state index contributed by atoms with van der Waals surface area (Å²) in [5.74, 6) is -1.13. The second kappa shape index (κ2) is 7.51. The van der Waals surface area contributed by atoms with Gasteiger partial charge in [0.2, 0.25) is 0 Å². The zero-order valence-corrected chi connectivity index (χ0v) is 13.6. The summed E-state index contributed by atoms with van der Waals surface area (Å²) in [6, 6.07) is 3.83. The number of esters is 1. The number of nitrogens with one attached hydrogen (secondary N) is 1. The van der Waals surface area contributed by atoms with E-state index in [1.54, 1.807) is 6.92 Å². The van der Waals surface area contributed by atoms with Crippen molar-refractivity contribution in [2.45, 2.75) is 6.92 Å². The van der Waals surface area contributed by atoms with Crippen molar-refractivity contribution in [1.29, 1.82) is 0 Å². The topological polar surface area (TPSA) is 121 Å². The predicted octanol–water partition coefficient (Wildman–Crippen LogP) is 2.49. The number of rotatable bonds is 6. The molecule has 10 heteroatoms. The summed E-state index contributed by atoms with van der Waals surface area (Å²) in [5, 5.41) is 15.1. The molecule has 1 heterocycles. The van der Waals surface area contributed by atoms with Gasteiger partial charge in [0.05, 0.1) is 18.6 Å². The van der Waals surface area contributed by atoms with Crippen molar-refractivity contribution < 1.29 is 24.0 Å². The summed E-state index contributed by atoms with van der Waals surface area (Å²) in [5.41, 5.74) is -0.176. The predicted molar refractivity (Wildman–Crippen MR) is 85.7 cm³/mol. The third-order valence-corrected chi connectivity index (χ3v) is 3.60. The number of nitrogens with zero attached hydrogens (tertiary/aromatic N) is 2. The lowest BCUT2D eigenvalue weighted by Crippen LogP contribution is -2.13. The third kappa shape index (κ3) is 3.84. The Bertz CT molecular complexity index is 789. The Kier molecular flexibility index (Phi) is 5.42. The van der Waals surface area contributed by atoms with Gasteiger partial charge < -0.3 is 9.47 Å². The molecule has 1 aromatic carbocycles. The number of benzene rings is 1. The Balaban J connectivity index is 2.17. The fourth-order valence-electron chi connectivity index (χ4n) is 1.77. The van der Waals surface area contributed by atoms with Gasteiger partial charge in [-0.2, -0.15) is 0 Å². The lowest BCUT2D eigenvalue weighted by atomic mass is 10.2. The molecule has 1 amide bonds. The van der Waals surface area contributed by atoms with Gasteiger partial charge in [-0.15, -0.1) is 11.3 Å². The number of nitro groups is 1. The molecule has 0 aliphatic heterocycles. The average molecular weight is 351 g/mol. The van der Waals surface area contributed by atoms with Crippen LogP contribution in [0.3, 0.4) is 0 Å². The van der Waals surface area contributed by atoms with E-state index >= 15 is 0 Å². The second-order valence-electron chi connectivity index (χ2n) is 4.36. The molecule has 2 rings (SSSR count). The maximum atomic E-state index is 12.2. The molecule has 0 saturated heterocycles. The number of nitro benzene ring substituents is 1. The van der Waals surface area contributed by atoms with Crippen molar-refractivity contribution in [3.63, 3.8) is 0 Å². The van der Waals surface area contributed by atoms with Crippen molar-refractivity contribution in [1.82, 2.24) is 4.98 Å². The number of aromatic nitrogens is 1. The van der Waals surface area contributed by atoms with Crippen molar-refractivity contribution in [3.8, 4) is 5.75 Å². The number of ether oxygens (including phenoxy) is 2. The molecule has 0 saturated carbocycles. The number of thiazole rings is 1. The first-order valence-corrected chi connectivity index (χ1v) is 7.60. The summed E-state index contributed by atoms with van der Waals surface area (Å²) in [6.45, 7) is 1.89. The van der Waals surface area contributed by atoms with Gasteiger partial charge in [0, 0.05) is 17.0 Å². The summed E-state index contributed by atoms with van der Waals surface area (Å²) < 4.78 is 9.68. The number of hydrogen-bond donors (Lipinski definition) is 1. The molecule has 9 nitrogen and oxygen atoms in total. The molecular weight excluding hydrogens is 338 g/mol. The van der Waals surface area contributed by atoms with Crippen LogP contribution in [0, 0.1) is 10.1 Å². The van der Waals surface area contributed by atoms with E-state index in [-0.39, 0.29) is 34.4 Å². The van der Waals surface area contributed by atoms with Crippen LogP contribution in [0.2, 0.25) is 0 Å². The van der Waals surface area contributed by atoms with Crippen LogP contribution < -0.4 is 10.1 Å². The molecular formula is C14H13N3O6S. The number of amides is 1. The molecule has 0 atom stereocenters. The summed E-state index contributed by atoms with van der Waals surface area (Å²) in [4.78, 5) is 38.0. The summed E-state index contributed by atoms with van der Waals surface area (Å²) in [7, 11) is 1.30. The maximum absolute atomic E-state index is 12.2. The van der Waals surface area contributed by atoms with Crippen LogP contribution >= 0.6 is 11.3 Å². The van der Waals surface area contributed by atoms with E-state index in [0.29, 0.717) is 0 Å². The molecule has 0 bridgehead atoms. The van der Waals surface area contributed by atoms with E-state index in [2.05, 4.69) is 10.3 Å². The highest BCUT2D eigenvalue weighted by molar-refractivity contribution is 7.14. The minimum Gasteiger partial charge on any atom is -0.490 e. The van der Waals surface area contributed by atoms with Gasteiger partial charge in [0.1, 0.15) is 0 Å². The standard InChI is InChI=1S/C14H13N3O6S/c1-3-23-13(19)9-7-24-14(15-9)16-12(18)8-4-5-11(22-2)10(6-8)17(20)21/h4-7H,3H2,1-2H3,(H,15,16,18). The minimum atomic E-state index is -0.641. The van der Waals surface area contributed by atoms with Gasteiger partial charge in [0.15, 0.2) is 16.6 Å². The lowest BCUT2D eigenvalue weighted by Gasteiger charge is -2.05. The Morgan fingerprint density at radius 2 is 2.17 bits per heavy atom. The fraction of sp³-hybridized carbons (Fsp3) is 0.214. The van der Waals surface area contributed by atoms with Gasteiger partial charge in [-0.25, -0.2) is 9.78 Å². The number of carbonyl (C=O) groups is 2. The smallest absolute Gasteiger partial charge is 0.357 e. The van der Waals surface area contributed by atoms with Crippen molar-refractivity contribution in [2.75, 3.05) is 19.0 Å². The van der Waals surface area contributed by atoms with Crippen molar-refractivity contribution in [3.05, 3.63) is 45.0 Å². The van der Waals surface area contributed by atoms with Crippen molar-refractivity contribution in [2.24, 2.45) is 0 Å². The number of methoxy groups -OCH3 is 1. The van der Waals surface area contributed by atoms with E-state index < -0.39 is 16.8 Å². The first-order valence-electron chi connectivity index (χ1n) is 6.72. The van der Waals surface area contributed by atoms with E-state index in [4.69, 9.17) is 9.47 Å². The molecule has 1 N–H and O–H groups in total. The van der Waals surface area contributed by atoms with Crippen LogP contribution in [-0.4, -0.2) is 35.5 Å². The van der Waals surface area contributed by atoms with E-state index in [1.165, 1.54) is 24.6 Å². The zero-order valence-electron chi connectivity index (χ0n) is 12.8. The monoisotopic (exact) mass is 351 g/mol. The Hall–Kier alpha value is -3.01. The Labute approximate surface area is 140 Å². The van der Waals surface area contributed by atoms with Crippen LogP contribution in [0.4, 0.5) is 10.8 Å². The zero-order chi connectivity index (χ0) is 17.7. The molecule has 0 aliphatic carbocycles. The molecule has 0 fully saturated rings.